The van der Waals surface area contributed by atoms with Crippen molar-refractivity contribution in [2.75, 3.05) is 31.1 Å². The lowest BCUT2D eigenvalue weighted by atomic mass is 10.1. The van der Waals surface area contributed by atoms with E-state index in [-0.39, 0.29) is 10.6 Å². The Hall–Kier alpha value is -2.82. The van der Waals surface area contributed by atoms with Crippen molar-refractivity contribution in [2.45, 2.75) is 31.1 Å². The molecule has 1 saturated heterocycles. The van der Waals surface area contributed by atoms with Gasteiger partial charge in [-0.2, -0.15) is 4.31 Å². The molecule has 1 aliphatic rings. The molecule has 0 atom stereocenters. The zero-order valence-electron chi connectivity index (χ0n) is 18.4. The fraction of sp³-hybridized carbons (Fsp3) is 0.348. The zero-order valence-corrected chi connectivity index (χ0v) is 20.0. The minimum Gasteiger partial charge on any atom is -0.345 e. The van der Waals surface area contributed by atoms with Gasteiger partial charge < -0.3 is 4.90 Å². The van der Waals surface area contributed by atoms with Crippen LogP contribution in [0.5, 0.6) is 0 Å². The quantitative estimate of drug-likeness (QED) is 0.351. The second-order valence-electron chi connectivity index (χ2n) is 8.01. The van der Waals surface area contributed by atoms with Crippen molar-refractivity contribution in [1.82, 2.24) is 9.29 Å². The minimum atomic E-state index is -3.78. The third-order valence-electron chi connectivity index (χ3n) is 5.66. The average molecular weight is 487 g/mol. The molecule has 0 bridgehead atoms. The topological polar surface area (TPSA) is 96.7 Å². The van der Waals surface area contributed by atoms with Crippen molar-refractivity contribution >= 4 is 32.2 Å². The molecule has 0 saturated carbocycles. The Balaban J connectivity index is 1.38. The van der Waals surface area contributed by atoms with Gasteiger partial charge in [-0.25, -0.2) is 13.4 Å². The van der Waals surface area contributed by atoms with Crippen LogP contribution in [0.3, 0.4) is 0 Å². The van der Waals surface area contributed by atoms with E-state index in [0.717, 1.165) is 36.2 Å². The van der Waals surface area contributed by atoms with Gasteiger partial charge in [-0.15, -0.1) is 11.3 Å². The maximum atomic E-state index is 12.9. The molecule has 10 heteroatoms. The molecule has 8 nitrogen and oxygen atoms in total. The van der Waals surface area contributed by atoms with Crippen LogP contribution in [0.4, 0.5) is 10.8 Å². The summed E-state index contributed by atoms with van der Waals surface area (Å²) in [6.07, 6.45) is 2.99. The first kappa shape index (κ1) is 23.3. The van der Waals surface area contributed by atoms with E-state index in [1.165, 1.54) is 33.6 Å². The zero-order chi connectivity index (χ0) is 23.4. The van der Waals surface area contributed by atoms with E-state index in [1.54, 1.807) is 11.3 Å². The van der Waals surface area contributed by atoms with Crippen LogP contribution in [0.1, 0.15) is 30.2 Å². The van der Waals surface area contributed by atoms with Crippen molar-refractivity contribution in [3.05, 3.63) is 80.8 Å². The van der Waals surface area contributed by atoms with Crippen molar-refractivity contribution in [1.29, 1.82) is 0 Å². The molecule has 174 valence electrons. The van der Waals surface area contributed by atoms with Crippen molar-refractivity contribution < 1.29 is 13.3 Å². The molecule has 2 heterocycles. The number of thiazole rings is 1. The molecule has 1 aromatic heterocycles. The van der Waals surface area contributed by atoms with Gasteiger partial charge >= 0.3 is 0 Å². The third kappa shape index (κ3) is 5.40. The van der Waals surface area contributed by atoms with E-state index in [0.29, 0.717) is 26.2 Å². The van der Waals surface area contributed by atoms with Crippen LogP contribution in [-0.2, 0) is 22.9 Å². The highest BCUT2D eigenvalue weighted by atomic mass is 32.2. The molecule has 1 aliphatic heterocycles. The van der Waals surface area contributed by atoms with Crippen LogP contribution >= 0.6 is 11.3 Å². The Bertz CT molecular complexity index is 1220. The second-order valence-corrected chi connectivity index (χ2v) is 10.8. The number of aryl methyl sites for hydroxylation is 1. The highest BCUT2D eigenvalue weighted by molar-refractivity contribution is 7.89. The molecule has 33 heavy (non-hydrogen) atoms. The van der Waals surface area contributed by atoms with E-state index in [1.807, 2.05) is 0 Å². The number of aromatic nitrogens is 1. The van der Waals surface area contributed by atoms with Crippen LogP contribution in [0.25, 0.3) is 0 Å². The lowest BCUT2D eigenvalue weighted by Gasteiger charge is -2.33. The lowest BCUT2D eigenvalue weighted by molar-refractivity contribution is -0.385. The van der Waals surface area contributed by atoms with Crippen molar-refractivity contribution in [2.24, 2.45) is 0 Å². The van der Waals surface area contributed by atoms with Gasteiger partial charge in [-0.1, -0.05) is 43.7 Å². The number of anilines is 1. The number of rotatable bonds is 8. The Labute approximate surface area is 197 Å². The number of nitrogens with zero attached hydrogens (tertiary/aromatic N) is 4. The highest BCUT2D eigenvalue weighted by Gasteiger charge is 2.30. The molecule has 0 spiro atoms. The summed E-state index contributed by atoms with van der Waals surface area (Å²) in [6.45, 7) is 3.82. The SMILES string of the molecule is CCCc1ccc(Cc2csc(N3CCN(S(=O)(=O)c4cccc([N+](=O)[O-])c4)CC3)n2)cc1. The van der Waals surface area contributed by atoms with Gasteiger partial charge in [0.2, 0.25) is 10.0 Å². The predicted molar refractivity (Wildman–Crippen MR) is 129 cm³/mol. The number of sulfonamides is 1. The molecule has 0 N–H and O–H groups in total. The Morgan fingerprint density at radius 3 is 2.42 bits per heavy atom. The first-order chi connectivity index (χ1) is 15.9. The summed E-state index contributed by atoms with van der Waals surface area (Å²) < 4.78 is 27.3. The van der Waals surface area contributed by atoms with E-state index in [4.69, 9.17) is 4.98 Å². The summed E-state index contributed by atoms with van der Waals surface area (Å²) in [5.74, 6) is 0. The summed E-state index contributed by atoms with van der Waals surface area (Å²) in [6, 6.07) is 13.9. The van der Waals surface area contributed by atoms with Crippen LogP contribution < -0.4 is 4.90 Å². The van der Waals surface area contributed by atoms with Gasteiger partial charge in [0, 0.05) is 50.1 Å². The van der Waals surface area contributed by atoms with E-state index in [9.17, 15) is 18.5 Å². The third-order valence-corrected chi connectivity index (χ3v) is 8.51. The normalized spacial score (nSPS) is 15.0. The largest absolute Gasteiger partial charge is 0.345 e. The Kier molecular flexibility index (Phi) is 7.06. The van der Waals surface area contributed by atoms with Gasteiger partial charge in [-0.05, 0) is 23.6 Å². The van der Waals surface area contributed by atoms with Gasteiger partial charge in [0.05, 0.1) is 15.5 Å². The van der Waals surface area contributed by atoms with Gasteiger partial charge in [0.15, 0.2) is 5.13 Å². The predicted octanol–water partition coefficient (Wildman–Crippen LogP) is 4.11. The fourth-order valence-electron chi connectivity index (χ4n) is 3.87. The van der Waals surface area contributed by atoms with E-state index < -0.39 is 14.9 Å². The van der Waals surface area contributed by atoms with Crippen LogP contribution in [0, 0.1) is 10.1 Å². The standard InChI is InChI=1S/C23H26N4O4S2/c1-2-4-18-7-9-19(10-8-18)15-20-17-32-23(24-20)25-11-13-26(14-12-25)33(30,31)22-6-3-5-21(16-22)27(28)29/h3,5-10,16-17H,2,4,11-15H2,1H3. The number of nitro groups is 1. The van der Waals surface area contributed by atoms with Crippen LogP contribution in [0.2, 0.25) is 0 Å². The summed E-state index contributed by atoms with van der Waals surface area (Å²) in [7, 11) is -3.78. The molecular weight excluding hydrogens is 460 g/mol. The Morgan fingerprint density at radius 2 is 1.76 bits per heavy atom. The number of nitro benzene ring substituents is 1. The van der Waals surface area contributed by atoms with Crippen molar-refractivity contribution in [3.63, 3.8) is 0 Å². The molecule has 0 amide bonds. The molecular formula is C23H26N4O4S2. The number of non-ortho nitro benzene ring substituents is 1. The first-order valence-electron chi connectivity index (χ1n) is 10.9. The van der Waals surface area contributed by atoms with Gasteiger partial charge in [-0.3, -0.25) is 10.1 Å². The fourth-order valence-corrected chi connectivity index (χ4v) is 6.21. The highest BCUT2D eigenvalue weighted by Crippen LogP contribution is 2.26. The van der Waals surface area contributed by atoms with Crippen LogP contribution in [0.15, 0.2) is 58.8 Å². The molecule has 0 unspecified atom stereocenters. The first-order valence-corrected chi connectivity index (χ1v) is 13.2. The number of piperazine rings is 1. The van der Waals surface area contributed by atoms with E-state index in [2.05, 4.69) is 41.5 Å². The molecule has 4 rings (SSSR count). The number of hydrogen-bond donors (Lipinski definition) is 0. The van der Waals surface area contributed by atoms with E-state index >= 15 is 0 Å². The maximum Gasteiger partial charge on any atom is 0.270 e. The Morgan fingerprint density at radius 1 is 1.06 bits per heavy atom. The molecule has 1 fully saturated rings. The maximum absolute atomic E-state index is 12.9. The monoisotopic (exact) mass is 486 g/mol. The molecule has 0 radical (unpaired) electrons. The number of hydrogen-bond acceptors (Lipinski definition) is 7. The molecule has 0 aliphatic carbocycles. The van der Waals surface area contributed by atoms with Gasteiger partial charge in [0.1, 0.15) is 0 Å². The summed E-state index contributed by atoms with van der Waals surface area (Å²) in [5, 5.41) is 13.9. The van der Waals surface area contributed by atoms with Gasteiger partial charge in [0.25, 0.3) is 5.69 Å². The lowest BCUT2D eigenvalue weighted by Crippen LogP contribution is -2.48. The van der Waals surface area contributed by atoms with Crippen molar-refractivity contribution in [3.8, 4) is 0 Å². The molecule has 3 aromatic rings. The smallest absolute Gasteiger partial charge is 0.270 e. The average Bonchev–Trinajstić information content (AvgIpc) is 3.29. The second kappa shape index (κ2) is 9.98. The van der Waals surface area contributed by atoms with Crippen LogP contribution in [-0.4, -0.2) is 48.8 Å². The molecule has 2 aromatic carbocycles. The summed E-state index contributed by atoms with van der Waals surface area (Å²) in [4.78, 5) is 17.2. The number of benzene rings is 2. The minimum absolute atomic E-state index is 0.0494. The summed E-state index contributed by atoms with van der Waals surface area (Å²) in [5.41, 5.74) is 3.34. The summed E-state index contributed by atoms with van der Waals surface area (Å²) >= 11 is 1.57.